The van der Waals surface area contributed by atoms with Gasteiger partial charge in [0.05, 0.1) is 19.8 Å². The molecule has 0 bridgehead atoms. The maximum absolute atomic E-state index is 8.28. The lowest BCUT2D eigenvalue weighted by Crippen LogP contribution is -2.35. The zero-order chi connectivity index (χ0) is 9.45. The Morgan fingerprint density at radius 1 is 1.42 bits per heavy atom. The molecule has 1 heterocycles. The van der Waals surface area contributed by atoms with Crippen molar-refractivity contribution in [1.29, 1.82) is 0 Å². The molecule has 4 N–H and O–H groups in total. The largest absolute Gasteiger partial charge is 0.394 e. The summed E-state index contributed by atoms with van der Waals surface area (Å²) in [6, 6.07) is 0. The second kappa shape index (κ2) is 6.37. The Kier molecular flexibility index (Phi) is 6.28. The molecule has 0 spiro atoms. The van der Waals surface area contributed by atoms with E-state index in [1.165, 1.54) is 0 Å². The lowest BCUT2D eigenvalue weighted by atomic mass is 10.1. The highest BCUT2D eigenvalue weighted by molar-refractivity contribution is 4.67. The van der Waals surface area contributed by atoms with E-state index in [4.69, 9.17) is 15.6 Å². The monoisotopic (exact) mass is 176 g/mol. The van der Waals surface area contributed by atoms with Gasteiger partial charge in [-0.3, -0.25) is 0 Å². The molecule has 4 heteroatoms. The van der Waals surface area contributed by atoms with Gasteiger partial charge in [-0.05, 0) is 13.8 Å². The first-order valence-corrected chi connectivity index (χ1v) is 4.24. The first-order valence-electron chi connectivity index (χ1n) is 4.24. The number of hydrogen-bond acceptors (Lipinski definition) is 4. The van der Waals surface area contributed by atoms with Crippen LogP contribution in [0.15, 0.2) is 0 Å². The number of aliphatic hydroxyl groups excluding tert-OH is 1. The van der Waals surface area contributed by atoms with Crippen molar-refractivity contribution in [3.8, 4) is 0 Å². The minimum absolute atomic E-state index is 0.0486. The van der Waals surface area contributed by atoms with Crippen LogP contribution in [0.1, 0.15) is 13.8 Å². The van der Waals surface area contributed by atoms with Gasteiger partial charge in [0.1, 0.15) is 0 Å². The van der Waals surface area contributed by atoms with E-state index in [0.29, 0.717) is 0 Å². The van der Waals surface area contributed by atoms with E-state index < -0.39 is 5.54 Å². The Hall–Kier alpha value is -0.160. The molecule has 12 heavy (non-hydrogen) atoms. The van der Waals surface area contributed by atoms with Crippen molar-refractivity contribution in [2.24, 2.45) is 5.73 Å². The van der Waals surface area contributed by atoms with E-state index in [0.717, 1.165) is 26.3 Å². The van der Waals surface area contributed by atoms with Gasteiger partial charge >= 0.3 is 0 Å². The van der Waals surface area contributed by atoms with Gasteiger partial charge < -0.3 is 20.9 Å². The summed E-state index contributed by atoms with van der Waals surface area (Å²) < 4.78 is 5.01. The molecule has 0 atom stereocenters. The van der Waals surface area contributed by atoms with Crippen LogP contribution in [0.4, 0.5) is 0 Å². The van der Waals surface area contributed by atoms with E-state index in [1.807, 2.05) is 0 Å². The maximum Gasteiger partial charge on any atom is 0.0605 e. The van der Waals surface area contributed by atoms with Gasteiger partial charge in [-0.15, -0.1) is 0 Å². The number of nitrogens with one attached hydrogen (secondary N) is 1. The van der Waals surface area contributed by atoms with Crippen LogP contribution in [0.25, 0.3) is 0 Å². The fourth-order valence-corrected chi connectivity index (χ4v) is 0.516. The minimum atomic E-state index is -0.403. The Labute approximate surface area is 74.1 Å². The summed E-state index contributed by atoms with van der Waals surface area (Å²) in [5.41, 5.74) is 4.88. The molecule has 0 saturated carbocycles. The summed E-state index contributed by atoms with van der Waals surface area (Å²) in [5, 5.41) is 11.4. The Bertz CT molecular complexity index is 86.2. The molecule has 0 unspecified atom stereocenters. The quantitative estimate of drug-likeness (QED) is 0.495. The number of aliphatic hydroxyl groups is 1. The van der Waals surface area contributed by atoms with Crippen LogP contribution in [0, 0.1) is 0 Å². The van der Waals surface area contributed by atoms with Crippen molar-refractivity contribution in [2.75, 3.05) is 32.9 Å². The highest BCUT2D eigenvalue weighted by Crippen LogP contribution is 1.89. The summed E-state index contributed by atoms with van der Waals surface area (Å²) in [6.07, 6.45) is 0. The summed E-state index contributed by atoms with van der Waals surface area (Å²) in [5.74, 6) is 0. The van der Waals surface area contributed by atoms with Crippen molar-refractivity contribution in [2.45, 2.75) is 19.4 Å². The predicted molar refractivity (Wildman–Crippen MR) is 49.0 cm³/mol. The Balaban J connectivity index is 0.000000202. The van der Waals surface area contributed by atoms with Crippen LogP contribution in [-0.4, -0.2) is 43.6 Å². The van der Waals surface area contributed by atoms with Gasteiger partial charge in [-0.1, -0.05) is 0 Å². The molecule has 1 fully saturated rings. The molecule has 1 aliphatic rings. The maximum atomic E-state index is 8.28. The predicted octanol–water partition coefficient (Wildman–Crippen LogP) is -0.678. The number of ether oxygens (including phenoxy) is 1. The van der Waals surface area contributed by atoms with E-state index in [1.54, 1.807) is 13.8 Å². The van der Waals surface area contributed by atoms with Crippen LogP contribution in [-0.2, 0) is 4.74 Å². The zero-order valence-electron chi connectivity index (χ0n) is 7.97. The molecule has 0 amide bonds. The van der Waals surface area contributed by atoms with Crippen molar-refractivity contribution < 1.29 is 9.84 Å². The third kappa shape index (κ3) is 9.84. The zero-order valence-corrected chi connectivity index (χ0v) is 7.97. The molecule has 74 valence electrons. The van der Waals surface area contributed by atoms with E-state index in [9.17, 15) is 0 Å². The summed E-state index contributed by atoms with van der Waals surface area (Å²) in [7, 11) is 0. The lowest BCUT2D eigenvalue weighted by Gasteiger charge is -2.12. The molecule has 0 radical (unpaired) electrons. The molecule has 0 aromatic carbocycles. The van der Waals surface area contributed by atoms with Crippen LogP contribution in [0.5, 0.6) is 0 Å². The minimum Gasteiger partial charge on any atom is -0.394 e. The molecule has 0 aromatic heterocycles. The van der Waals surface area contributed by atoms with Gasteiger partial charge in [0.15, 0.2) is 0 Å². The summed E-state index contributed by atoms with van der Waals surface area (Å²) in [4.78, 5) is 0. The average molecular weight is 176 g/mol. The molecular formula is C8H20N2O2. The van der Waals surface area contributed by atoms with Crippen LogP contribution >= 0.6 is 0 Å². The standard InChI is InChI=1S/C4H9NO.C4H11NO/c1-3-6-4-2-5-1;1-4(2,5)3-6/h5H,1-4H2;6H,3,5H2,1-2H3. The molecule has 1 saturated heterocycles. The smallest absolute Gasteiger partial charge is 0.0605 e. The first-order chi connectivity index (χ1) is 5.56. The number of nitrogens with two attached hydrogens (primary N) is 1. The van der Waals surface area contributed by atoms with E-state index >= 15 is 0 Å². The molecule has 0 aliphatic carbocycles. The van der Waals surface area contributed by atoms with E-state index in [2.05, 4.69) is 5.32 Å². The van der Waals surface area contributed by atoms with Crippen molar-refractivity contribution in [3.63, 3.8) is 0 Å². The van der Waals surface area contributed by atoms with Gasteiger partial charge in [0.2, 0.25) is 0 Å². The highest BCUT2D eigenvalue weighted by Gasteiger charge is 2.05. The van der Waals surface area contributed by atoms with E-state index in [-0.39, 0.29) is 6.61 Å². The third-order valence-corrected chi connectivity index (χ3v) is 1.25. The fraction of sp³-hybridized carbons (Fsp3) is 1.00. The summed E-state index contributed by atoms with van der Waals surface area (Å²) >= 11 is 0. The fourth-order valence-electron chi connectivity index (χ4n) is 0.516. The van der Waals surface area contributed by atoms with Gasteiger partial charge in [-0.2, -0.15) is 0 Å². The molecule has 1 aliphatic heterocycles. The first kappa shape index (κ1) is 11.8. The lowest BCUT2D eigenvalue weighted by molar-refractivity contribution is 0.109. The number of rotatable bonds is 1. The number of hydrogen-bond donors (Lipinski definition) is 3. The number of morpholine rings is 1. The molecule has 1 rings (SSSR count). The van der Waals surface area contributed by atoms with Gasteiger partial charge in [0.25, 0.3) is 0 Å². The second-order valence-corrected chi connectivity index (χ2v) is 3.51. The second-order valence-electron chi connectivity index (χ2n) is 3.51. The SMILES string of the molecule is C1COCCN1.CC(C)(N)CO. The highest BCUT2D eigenvalue weighted by atomic mass is 16.5. The Morgan fingerprint density at radius 3 is 1.92 bits per heavy atom. The third-order valence-electron chi connectivity index (χ3n) is 1.25. The van der Waals surface area contributed by atoms with Crippen molar-refractivity contribution >= 4 is 0 Å². The van der Waals surface area contributed by atoms with Crippen molar-refractivity contribution in [3.05, 3.63) is 0 Å². The topological polar surface area (TPSA) is 67.5 Å². The van der Waals surface area contributed by atoms with Crippen molar-refractivity contribution in [1.82, 2.24) is 5.32 Å². The molecule has 4 nitrogen and oxygen atoms in total. The van der Waals surface area contributed by atoms with Crippen LogP contribution in [0.3, 0.4) is 0 Å². The van der Waals surface area contributed by atoms with Crippen LogP contribution < -0.4 is 11.1 Å². The summed E-state index contributed by atoms with van der Waals surface area (Å²) in [6.45, 7) is 7.42. The van der Waals surface area contributed by atoms with Gasteiger partial charge in [-0.25, -0.2) is 0 Å². The molecular weight excluding hydrogens is 156 g/mol. The Morgan fingerprint density at radius 2 is 1.83 bits per heavy atom. The average Bonchev–Trinajstić information content (AvgIpc) is 2.07. The molecule has 0 aromatic rings. The normalized spacial score (nSPS) is 18.0. The van der Waals surface area contributed by atoms with Gasteiger partial charge in [0, 0.05) is 18.6 Å². The van der Waals surface area contributed by atoms with Crippen LogP contribution in [0.2, 0.25) is 0 Å².